The molecule has 1 rings (SSSR count). The lowest BCUT2D eigenvalue weighted by molar-refractivity contribution is -0.113. The molecule has 0 unspecified atom stereocenters. The number of benzene rings is 1. The van der Waals surface area contributed by atoms with Crippen LogP contribution in [0.4, 0.5) is 5.69 Å². The quantitative estimate of drug-likeness (QED) is 0.388. The van der Waals surface area contributed by atoms with Gasteiger partial charge in [0, 0.05) is 10.7 Å². The van der Waals surface area contributed by atoms with Gasteiger partial charge in [-0.1, -0.05) is 0 Å². The first-order valence-electron chi connectivity index (χ1n) is 5.26. The normalized spacial score (nSPS) is 10.4. The molecule has 0 aliphatic rings. The molecule has 0 heterocycles. The minimum atomic E-state index is 0.0501. The fourth-order valence-corrected chi connectivity index (χ4v) is 5.81. The van der Waals surface area contributed by atoms with Crippen LogP contribution >= 0.6 is 79.5 Å². The van der Waals surface area contributed by atoms with E-state index in [1.807, 2.05) is 0 Å². The average Bonchev–Trinajstić information content (AvgIpc) is 2.29. The third-order valence-corrected chi connectivity index (χ3v) is 5.37. The summed E-state index contributed by atoms with van der Waals surface area (Å²) in [4.78, 5) is 11.8. The molecule has 0 atom stereocenters. The van der Waals surface area contributed by atoms with Crippen molar-refractivity contribution in [1.82, 2.24) is 0 Å². The molecule has 0 saturated carbocycles. The van der Waals surface area contributed by atoms with E-state index in [9.17, 15) is 4.79 Å². The van der Waals surface area contributed by atoms with Crippen LogP contribution in [0.15, 0.2) is 12.1 Å². The van der Waals surface area contributed by atoms with E-state index in [0.717, 1.165) is 25.0 Å². The molecule has 1 aromatic rings. The zero-order chi connectivity index (χ0) is 13.5. The number of thioether (sulfide) groups is 1. The van der Waals surface area contributed by atoms with Crippen LogP contribution in [-0.2, 0) is 4.79 Å². The van der Waals surface area contributed by atoms with Crippen molar-refractivity contribution in [2.45, 2.75) is 6.42 Å². The highest BCUT2D eigenvalue weighted by Crippen LogP contribution is 2.27. The largest absolute Gasteiger partial charge is 0.330 e. The van der Waals surface area contributed by atoms with E-state index in [4.69, 9.17) is 5.73 Å². The van der Waals surface area contributed by atoms with E-state index >= 15 is 0 Å². The summed E-state index contributed by atoms with van der Waals surface area (Å²) in [5.74, 6) is 1.47. The Bertz CT molecular complexity index is 406. The van der Waals surface area contributed by atoms with E-state index in [0.29, 0.717) is 12.3 Å². The van der Waals surface area contributed by atoms with Crippen LogP contribution in [0, 0.1) is 10.7 Å². The number of hydrogen-bond donors (Lipinski definition) is 2. The summed E-state index contributed by atoms with van der Waals surface area (Å²) < 4.78 is 3.32. The highest BCUT2D eigenvalue weighted by molar-refractivity contribution is 14.1. The Labute approximate surface area is 152 Å². The third-order valence-electron chi connectivity index (χ3n) is 2.00. The lowest BCUT2D eigenvalue weighted by Gasteiger charge is -2.10. The Morgan fingerprint density at radius 1 is 1.28 bits per heavy atom. The van der Waals surface area contributed by atoms with Crippen molar-refractivity contribution >= 4 is 91.1 Å². The van der Waals surface area contributed by atoms with Gasteiger partial charge < -0.3 is 11.1 Å². The smallest absolute Gasteiger partial charge is 0.234 e. The predicted molar refractivity (Wildman–Crippen MR) is 104 cm³/mol. The van der Waals surface area contributed by atoms with Gasteiger partial charge in [0.15, 0.2) is 0 Å². The molecule has 0 aromatic heterocycles. The van der Waals surface area contributed by atoms with Crippen LogP contribution in [0.3, 0.4) is 0 Å². The van der Waals surface area contributed by atoms with Gasteiger partial charge in [0.2, 0.25) is 5.91 Å². The molecule has 3 N–H and O–H groups in total. The van der Waals surface area contributed by atoms with Crippen molar-refractivity contribution in [2.75, 3.05) is 23.4 Å². The fraction of sp³-hybridized carbons (Fsp3) is 0.364. The zero-order valence-corrected chi connectivity index (χ0v) is 16.8. The summed E-state index contributed by atoms with van der Waals surface area (Å²) in [5.41, 5.74) is 6.32. The molecule has 0 fully saturated rings. The molecule has 18 heavy (non-hydrogen) atoms. The molecular formula is C11H13I3N2OS. The van der Waals surface area contributed by atoms with Crippen LogP contribution in [0.1, 0.15) is 6.42 Å². The highest BCUT2D eigenvalue weighted by Gasteiger charge is 2.10. The van der Waals surface area contributed by atoms with E-state index in [1.54, 1.807) is 11.8 Å². The van der Waals surface area contributed by atoms with Crippen LogP contribution in [0.25, 0.3) is 0 Å². The Hall–Kier alpha value is 1.19. The minimum absolute atomic E-state index is 0.0501. The second-order valence-electron chi connectivity index (χ2n) is 3.49. The van der Waals surface area contributed by atoms with Gasteiger partial charge in [-0.2, -0.15) is 11.8 Å². The van der Waals surface area contributed by atoms with E-state index in [-0.39, 0.29) is 5.91 Å². The summed E-state index contributed by atoms with van der Waals surface area (Å²) in [7, 11) is 0. The lowest BCUT2D eigenvalue weighted by Crippen LogP contribution is -2.16. The maximum atomic E-state index is 11.8. The molecule has 0 aliphatic carbocycles. The molecule has 3 nitrogen and oxygen atoms in total. The van der Waals surface area contributed by atoms with Gasteiger partial charge in [-0.25, -0.2) is 0 Å². The van der Waals surface area contributed by atoms with E-state index in [2.05, 4.69) is 85.2 Å². The van der Waals surface area contributed by atoms with Gasteiger partial charge in [-0.3, -0.25) is 4.79 Å². The second-order valence-corrected chi connectivity index (χ2v) is 8.16. The first-order valence-corrected chi connectivity index (χ1v) is 9.66. The maximum absolute atomic E-state index is 11.8. The third kappa shape index (κ3) is 6.09. The van der Waals surface area contributed by atoms with Gasteiger partial charge in [0.25, 0.3) is 0 Å². The van der Waals surface area contributed by atoms with Gasteiger partial charge in [0.05, 0.1) is 11.4 Å². The second kappa shape index (κ2) is 9.19. The molecule has 1 amide bonds. The van der Waals surface area contributed by atoms with Gasteiger partial charge >= 0.3 is 0 Å². The van der Waals surface area contributed by atoms with Crippen molar-refractivity contribution in [2.24, 2.45) is 5.73 Å². The Morgan fingerprint density at radius 3 is 2.44 bits per heavy atom. The van der Waals surface area contributed by atoms with E-state index in [1.165, 1.54) is 3.57 Å². The lowest BCUT2D eigenvalue weighted by atomic mass is 10.3. The molecule has 7 heteroatoms. The molecular weight excluding hydrogens is 589 g/mol. The molecule has 0 aliphatic heterocycles. The molecule has 0 radical (unpaired) electrons. The summed E-state index contributed by atoms with van der Waals surface area (Å²) >= 11 is 8.39. The van der Waals surface area contributed by atoms with Gasteiger partial charge in [-0.15, -0.1) is 0 Å². The number of nitrogens with one attached hydrogen (secondary N) is 1. The summed E-state index contributed by atoms with van der Waals surface area (Å²) in [6.45, 7) is 0.682. The fourth-order valence-electron chi connectivity index (χ4n) is 1.19. The molecule has 1 aromatic carbocycles. The Morgan fingerprint density at radius 2 is 1.89 bits per heavy atom. The Balaban J connectivity index is 2.54. The molecule has 0 bridgehead atoms. The number of halogens is 3. The van der Waals surface area contributed by atoms with Crippen molar-refractivity contribution in [3.8, 4) is 0 Å². The molecule has 100 valence electrons. The predicted octanol–water partition coefficient (Wildman–Crippen LogP) is 3.52. The average molecular weight is 602 g/mol. The van der Waals surface area contributed by atoms with Crippen LogP contribution in [0.2, 0.25) is 0 Å². The van der Waals surface area contributed by atoms with Gasteiger partial charge in [-0.05, 0) is 98.6 Å². The number of amides is 1. The minimum Gasteiger partial charge on any atom is -0.330 e. The number of carbonyl (C=O) groups is 1. The standard InChI is InChI=1S/C11H13I3N2OS/c12-7-4-8(13)11(9(14)5-7)16-10(17)6-18-3-1-2-15/h4-5H,1-3,6,15H2,(H,16,17). The topological polar surface area (TPSA) is 55.1 Å². The van der Waals surface area contributed by atoms with Crippen molar-refractivity contribution in [1.29, 1.82) is 0 Å². The van der Waals surface area contributed by atoms with Crippen LogP contribution < -0.4 is 11.1 Å². The number of anilines is 1. The summed E-state index contributed by atoms with van der Waals surface area (Å²) in [5, 5.41) is 2.97. The zero-order valence-electron chi connectivity index (χ0n) is 9.51. The Kier molecular flexibility index (Phi) is 8.80. The number of carbonyl (C=O) groups excluding carboxylic acids is 1. The molecule has 0 spiro atoms. The first-order chi connectivity index (χ1) is 8.54. The van der Waals surface area contributed by atoms with Gasteiger partial charge in [0.1, 0.15) is 0 Å². The highest BCUT2D eigenvalue weighted by atomic mass is 127. The summed E-state index contributed by atoms with van der Waals surface area (Å²) in [6.07, 6.45) is 0.955. The van der Waals surface area contributed by atoms with Crippen molar-refractivity contribution in [3.63, 3.8) is 0 Å². The van der Waals surface area contributed by atoms with E-state index < -0.39 is 0 Å². The van der Waals surface area contributed by atoms with Crippen molar-refractivity contribution in [3.05, 3.63) is 22.8 Å². The van der Waals surface area contributed by atoms with Crippen LogP contribution in [-0.4, -0.2) is 24.0 Å². The van der Waals surface area contributed by atoms with Crippen molar-refractivity contribution < 1.29 is 4.79 Å². The monoisotopic (exact) mass is 602 g/mol. The maximum Gasteiger partial charge on any atom is 0.234 e. The first kappa shape index (κ1) is 17.2. The molecule has 0 saturated heterocycles. The summed E-state index contributed by atoms with van der Waals surface area (Å²) in [6, 6.07) is 4.11. The van der Waals surface area contributed by atoms with Crippen LogP contribution in [0.5, 0.6) is 0 Å². The number of rotatable bonds is 6. The number of nitrogens with two attached hydrogens (primary N) is 1. The SMILES string of the molecule is NCCCSCC(=O)Nc1c(I)cc(I)cc1I. The number of hydrogen-bond acceptors (Lipinski definition) is 3.